The van der Waals surface area contributed by atoms with E-state index in [1.165, 1.54) is 0 Å². The van der Waals surface area contributed by atoms with Gasteiger partial charge in [-0.2, -0.15) is 0 Å². The molecule has 3 nitrogen and oxygen atoms in total. The van der Waals surface area contributed by atoms with Gasteiger partial charge in [0.25, 0.3) is 0 Å². The Morgan fingerprint density at radius 2 is 1.87 bits per heavy atom. The molecule has 0 unspecified atom stereocenters. The first-order chi connectivity index (χ1) is 6.60. The zero-order valence-corrected chi connectivity index (χ0v) is 10.4. The highest BCUT2D eigenvalue weighted by molar-refractivity contribution is 9.10. The van der Waals surface area contributed by atoms with Crippen molar-refractivity contribution in [2.75, 3.05) is 5.32 Å². The third-order valence-corrected chi connectivity index (χ3v) is 2.87. The van der Waals surface area contributed by atoms with Crippen molar-refractivity contribution >= 4 is 39.9 Å². The van der Waals surface area contributed by atoms with Crippen molar-refractivity contribution < 1.29 is 4.79 Å². The van der Waals surface area contributed by atoms with Gasteiger partial charge in [-0.1, -0.05) is 15.9 Å². The Kier molecular flexibility index (Phi) is 3.76. The van der Waals surface area contributed by atoms with E-state index >= 15 is 0 Å². The molecule has 0 aliphatic heterocycles. The van der Waals surface area contributed by atoms with E-state index in [0.717, 1.165) is 23.0 Å². The summed E-state index contributed by atoms with van der Waals surface area (Å²) in [5, 5.41) is 2.79. The fraction of sp³-hybridized carbons (Fsp3) is 0.300. The number of nitrogens with two attached hydrogens (primary N) is 1. The molecule has 0 bridgehead atoms. The molecule has 15 heavy (non-hydrogen) atoms. The number of hydrogen-bond donors (Lipinski definition) is 2. The van der Waals surface area contributed by atoms with Gasteiger partial charge in [0, 0.05) is 10.2 Å². The van der Waals surface area contributed by atoms with Gasteiger partial charge in [0.2, 0.25) is 5.91 Å². The predicted molar refractivity (Wildman–Crippen MR) is 66.2 cm³/mol. The number of amides is 1. The van der Waals surface area contributed by atoms with Crippen molar-refractivity contribution in [1.82, 2.24) is 0 Å². The molecule has 2 rings (SSSR count). The van der Waals surface area contributed by atoms with Crippen molar-refractivity contribution in [3.8, 4) is 0 Å². The van der Waals surface area contributed by atoms with E-state index in [2.05, 4.69) is 21.2 Å². The summed E-state index contributed by atoms with van der Waals surface area (Å²) in [6, 6.07) is 7.44. The molecule has 0 atom stereocenters. The summed E-state index contributed by atoms with van der Waals surface area (Å²) in [4.78, 5) is 11.5. The molecule has 1 aromatic carbocycles. The molecular formula is C10H12BrClN2O. The van der Waals surface area contributed by atoms with E-state index in [1.54, 1.807) is 0 Å². The SMILES string of the molecule is Cl.NC1(C(=O)Nc2ccc(Br)cc2)CC1. The highest BCUT2D eigenvalue weighted by Crippen LogP contribution is 2.33. The van der Waals surface area contributed by atoms with E-state index < -0.39 is 5.54 Å². The van der Waals surface area contributed by atoms with E-state index in [4.69, 9.17) is 5.73 Å². The minimum atomic E-state index is -0.604. The van der Waals surface area contributed by atoms with Gasteiger partial charge in [-0.05, 0) is 37.1 Å². The number of hydrogen-bond acceptors (Lipinski definition) is 2. The molecule has 0 heterocycles. The average molecular weight is 292 g/mol. The number of carbonyl (C=O) groups excluding carboxylic acids is 1. The lowest BCUT2D eigenvalue weighted by Gasteiger charge is -2.09. The lowest BCUT2D eigenvalue weighted by Crippen LogP contribution is -2.37. The second kappa shape index (κ2) is 4.51. The lowest BCUT2D eigenvalue weighted by atomic mass is 10.2. The fourth-order valence-electron chi connectivity index (χ4n) is 1.15. The molecule has 1 aliphatic carbocycles. The van der Waals surface area contributed by atoms with Crippen LogP contribution in [0.1, 0.15) is 12.8 Å². The normalized spacial score (nSPS) is 16.4. The summed E-state index contributed by atoms with van der Waals surface area (Å²) < 4.78 is 0.990. The summed E-state index contributed by atoms with van der Waals surface area (Å²) in [6.07, 6.45) is 1.57. The lowest BCUT2D eigenvalue weighted by molar-refractivity contribution is -0.118. The number of nitrogens with one attached hydrogen (secondary N) is 1. The van der Waals surface area contributed by atoms with Gasteiger partial charge in [0.05, 0.1) is 5.54 Å². The van der Waals surface area contributed by atoms with Crippen molar-refractivity contribution in [3.05, 3.63) is 28.7 Å². The van der Waals surface area contributed by atoms with Crippen molar-refractivity contribution in [1.29, 1.82) is 0 Å². The Hall–Kier alpha value is -0.580. The minimum absolute atomic E-state index is 0. The van der Waals surface area contributed by atoms with E-state index in [-0.39, 0.29) is 18.3 Å². The van der Waals surface area contributed by atoms with Crippen LogP contribution in [0.3, 0.4) is 0 Å². The summed E-state index contributed by atoms with van der Waals surface area (Å²) in [7, 11) is 0. The van der Waals surface area contributed by atoms with Gasteiger partial charge in [-0.3, -0.25) is 4.79 Å². The summed E-state index contributed by atoms with van der Waals surface area (Å²) in [6.45, 7) is 0. The van der Waals surface area contributed by atoms with Crippen LogP contribution in [-0.2, 0) is 4.79 Å². The van der Waals surface area contributed by atoms with Gasteiger partial charge < -0.3 is 11.1 Å². The molecule has 0 saturated heterocycles. The van der Waals surface area contributed by atoms with Gasteiger partial charge in [-0.15, -0.1) is 12.4 Å². The first-order valence-electron chi connectivity index (χ1n) is 4.46. The minimum Gasteiger partial charge on any atom is -0.324 e. The Balaban J connectivity index is 0.00000112. The molecule has 0 radical (unpaired) electrons. The maximum absolute atomic E-state index is 11.5. The molecule has 0 aromatic heterocycles. The summed E-state index contributed by atoms with van der Waals surface area (Å²) in [5.74, 6) is -0.0835. The molecule has 5 heteroatoms. The van der Waals surface area contributed by atoms with Crippen LogP contribution < -0.4 is 11.1 Å². The van der Waals surface area contributed by atoms with E-state index in [0.29, 0.717) is 0 Å². The van der Waals surface area contributed by atoms with Gasteiger partial charge >= 0.3 is 0 Å². The van der Waals surface area contributed by atoms with Crippen LogP contribution in [0.25, 0.3) is 0 Å². The van der Waals surface area contributed by atoms with Crippen LogP contribution >= 0.6 is 28.3 Å². The van der Waals surface area contributed by atoms with Crippen LogP contribution in [0.5, 0.6) is 0 Å². The quantitative estimate of drug-likeness (QED) is 0.878. The highest BCUT2D eigenvalue weighted by atomic mass is 79.9. The largest absolute Gasteiger partial charge is 0.324 e. The molecule has 1 amide bonds. The molecule has 1 aliphatic rings. The van der Waals surface area contributed by atoms with Gasteiger partial charge in [-0.25, -0.2) is 0 Å². The Morgan fingerprint density at radius 3 is 2.33 bits per heavy atom. The topological polar surface area (TPSA) is 55.1 Å². The molecule has 1 saturated carbocycles. The van der Waals surface area contributed by atoms with Crippen LogP contribution in [0.15, 0.2) is 28.7 Å². The second-order valence-corrected chi connectivity index (χ2v) is 4.53. The molecular weight excluding hydrogens is 279 g/mol. The first-order valence-corrected chi connectivity index (χ1v) is 5.25. The molecule has 1 aromatic rings. The van der Waals surface area contributed by atoms with Crippen LogP contribution in [0, 0.1) is 0 Å². The zero-order valence-electron chi connectivity index (χ0n) is 8.00. The maximum Gasteiger partial charge on any atom is 0.244 e. The third-order valence-electron chi connectivity index (χ3n) is 2.34. The molecule has 1 fully saturated rings. The zero-order chi connectivity index (χ0) is 10.2. The van der Waals surface area contributed by atoms with Crippen LogP contribution in [0.4, 0.5) is 5.69 Å². The maximum atomic E-state index is 11.5. The smallest absolute Gasteiger partial charge is 0.244 e. The fourth-order valence-corrected chi connectivity index (χ4v) is 1.41. The predicted octanol–water partition coefficient (Wildman–Crippen LogP) is 2.30. The van der Waals surface area contributed by atoms with Gasteiger partial charge in [0.1, 0.15) is 0 Å². The van der Waals surface area contributed by atoms with Crippen LogP contribution in [-0.4, -0.2) is 11.4 Å². The van der Waals surface area contributed by atoms with Gasteiger partial charge in [0.15, 0.2) is 0 Å². The van der Waals surface area contributed by atoms with Crippen molar-refractivity contribution in [3.63, 3.8) is 0 Å². The number of rotatable bonds is 2. The Bertz CT molecular complexity index is 362. The average Bonchev–Trinajstić information content (AvgIpc) is 2.89. The summed E-state index contributed by atoms with van der Waals surface area (Å²) >= 11 is 3.33. The Labute approximate surface area is 103 Å². The van der Waals surface area contributed by atoms with Crippen molar-refractivity contribution in [2.24, 2.45) is 5.73 Å². The van der Waals surface area contributed by atoms with Crippen LogP contribution in [0.2, 0.25) is 0 Å². The monoisotopic (exact) mass is 290 g/mol. The standard InChI is InChI=1S/C10H11BrN2O.ClH/c11-7-1-3-8(4-2-7)13-9(14)10(12)5-6-10;/h1-4H,5-6,12H2,(H,13,14);1H. The number of halogens is 2. The van der Waals surface area contributed by atoms with E-state index in [9.17, 15) is 4.79 Å². The first kappa shape index (κ1) is 12.5. The number of anilines is 1. The second-order valence-electron chi connectivity index (χ2n) is 3.62. The Morgan fingerprint density at radius 1 is 1.33 bits per heavy atom. The molecule has 3 N–H and O–H groups in total. The molecule has 82 valence electrons. The number of benzene rings is 1. The molecule has 0 spiro atoms. The third kappa shape index (κ3) is 2.93. The van der Waals surface area contributed by atoms with E-state index in [1.807, 2.05) is 24.3 Å². The van der Waals surface area contributed by atoms with Crippen molar-refractivity contribution in [2.45, 2.75) is 18.4 Å². The number of carbonyl (C=O) groups is 1. The summed E-state index contributed by atoms with van der Waals surface area (Å²) in [5.41, 5.74) is 5.93. The highest BCUT2D eigenvalue weighted by Gasteiger charge is 2.45.